The fourth-order valence-electron chi connectivity index (χ4n) is 3.37. The van der Waals surface area contributed by atoms with Crippen LogP contribution in [0.25, 0.3) is 0 Å². The molecule has 26 heavy (non-hydrogen) atoms. The summed E-state index contributed by atoms with van der Waals surface area (Å²) in [4.78, 5) is 4.56. The monoisotopic (exact) mass is 374 g/mol. The number of hydrogen-bond acceptors (Lipinski definition) is 7. The molecule has 2 fully saturated rings. The number of anilines is 2. The molecule has 1 aromatic carbocycles. The Balaban J connectivity index is 1.32. The lowest BCUT2D eigenvalue weighted by atomic mass is 10.1. The summed E-state index contributed by atoms with van der Waals surface area (Å²) in [6, 6.07) is 10.1. The molecule has 0 unspecified atom stereocenters. The number of nitrogens with two attached hydrogens (primary N) is 1. The van der Waals surface area contributed by atoms with E-state index in [4.69, 9.17) is 22.1 Å². The topological polar surface area (TPSA) is 79.5 Å². The minimum Gasteiger partial charge on any atom is -0.487 e. The molecule has 0 spiro atoms. The zero-order chi connectivity index (χ0) is 17.9. The number of benzene rings is 1. The summed E-state index contributed by atoms with van der Waals surface area (Å²) in [7, 11) is 0. The number of hydrogen-bond donors (Lipinski definition) is 2. The lowest BCUT2D eigenvalue weighted by Gasteiger charge is -2.40. The molecule has 0 aliphatic carbocycles. The van der Waals surface area contributed by atoms with Gasteiger partial charge >= 0.3 is 0 Å². The van der Waals surface area contributed by atoms with E-state index in [0.29, 0.717) is 11.0 Å². The van der Waals surface area contributed by atoms with Crippen molar-refractivity contribution in [2.45, 2.75) is 12.6 Å². The first-order chi connectivity index (χ1) is 12.7. The Kier molecular flexibility index (Phi) is 5.10. The molecule has 2 aromatic rings. The molecule has 1 aromatic heterocycles. The molecule has 2 aliphatic heterocycles. The van der Waals surface area contributed by atoms with E-state index in [1.54, 1.807) is 6.07 Å². The molecule has 0 bridgehead atoms. The smallest absolute Gasteiger partial charge is 0.169 e. The summed E-state index contributed by atoms with van der Waals surface area (Å²) in [5, 5.41) is 11.3. The van der Waals surface area contributed by atoms with E-state index in [0.717, 1.165) is 57.3 Å². The Labute approximate surface area is 158 Å². The van der Waals surface area contributed by atoms with Crippen molar-refractivity contribution in [1.82, 2.24) is 20.4 Å². The zero-order valence-electron chi connectivity index (χ0n) is 14.6. The Morgan fingerprint density at radius 2 is 2.00 bits per heavy atom. The van der Waals surface area contributed by atoms with Gasteiger partial charge in [-0.1, -0.05) is 23.7 Å². The molecule has 3 heterocycles. The van der Waals surface area contributed by atoms with Gasteiger partial charge in [-0.2, -0.15) is 0 Å². The van der Waals surface area contributed by atoms with Crippen LogP contribution in [0.1, 0.15) is 5.56 Å². The second kappa shape index (κ2) is 7.65. The van der Waals surface area contributed by atoms with Crippen molar-refractivity contribution in [1.29, 1.82) is 0 Å². The summed E-state index contributed by atoms with van der Waals surface area (Å²) in [6.07, 6.45) is 0.135. The van der Waals surface area contributed by atoms with E-state index in [2.05, 4.69) is 43.5 Å². The molecule has 0 radical (unpaired) electrons. The number of ether oxygens (including phenoxy) is 1. The maximum absolute atomic E-state index is 6.12. The van der Waals surface area contributed by atoms with Crippen LogP contribution in [0, 0.1) is 0 Å². The first kappa shape index (κ1) is 17.3. The predicted molar refractivity (Wildman–Crippen MR) is 103 cm³/mol. The van der Waals surface area contributed by atoms with Crippen molar-refractivity contribution >= 4 is 23.1 Å². The Hall–Kier alpha value is -2.09. The van der Waals surface area contributed by atoms with Crippen molar-refractivity contribution in [3.05, 3.63) is 41.0 Å². The molecule has 0 amide bonds. The van der Waals surface area contributed by atoms with Gasteiger partial charge in [-0.15, -0.1) is 10.2 Å². The van der Waals surface area contributed by atoms with Gasteiger partial charge in [0.15, 0.2) is 11.0 Å². The van der Waals surface area contributed by atoms with E-state index in [1.165, 1.54) is 5.56 Å². The number of nitrogens with zero attached hydrogens (tertiary/aromatic N) is 4. The fraction of sp³-hybridized carbons (Fsp3) is 0.444. The van der Waals surface area contributed by atoms with Crippen LogP contribution in [0.2, 0.25) is 5.15 Å². The van der Waals surface area contributed by atoms with Gasteiger partial charge in [-0.25, -0.2) is 0 Å². The number of nitrogens with one attached hydrogen (secondary N) is 1. The quantitative estimate of drug-likeness (QED) is 0.818. The highest BCUT2D eigenvalue weighted by atomic mass is 35.5. The summed E-state index contributed by atoms with van der Waals surface area (Å²) < 4.78 is 6.12. The second-order valence-electron chi connectivity index (χ2n) is 6.76. The average Bonchev–Trinajstić information content (AvgIpc) is 2.61. The van der Waals surface area contributed by atoms with Crippen LogP contribution in [0.5, 0.6) is 5.75 Å². The van der Waals surface area contributed by atoms with E-state index in [1.807, 2.05) is 6.07 Å². The molecule has 0 saturated carbocycles. The van der Waals surface area contributed by atoms with Gasteiger partial charge in [0.1, 0.15) is 11.9 Å². The van der Waals surface area contributed by atoms with Gasteiger partial charge in [-0.05, 0) is 17.7 Å². The van der Waals surface area contributed by atoms with Gasteiger partial charge in [0.25, 0.3) is 0 Å². The number of aromatic nitrogens is 2. The normalized spacial score (nSPS) is 18.6. The third-order valence-corrected chi connectivity index (χ3v) is 4.96. The van der Waals surface area contributed by atoms with Gasteiger partial charge in [0, 0.05) is 38.8 Å². The summed E-state index contributed by atoms with van der Waals surface area (Å²) in [6.45, 7) is 6.78. The summed E-state index contributed by atoms with van der Waals surface area (Å²) >= 11 is 5.91. The molecule has 2 saturated heterocycles. The molecule has 138 valence electrons. The number of nitrogen functional groups attached to an aromatic ring is 1. The molecule has 0 atom stereocenters. The molecule has 2 aliphatic rings. The van der Waals surface area contributed by atoms with Crippen molar-refractivity contribution < 1.29 is 4.74 Å². The van der Waals surface area contributed by atoms with Gasteiger partial charge in [0.2, 0.25) is 0 Å². The Morgan fingerprint density at radius 3 is 2.81 bits per heavy atom. The van der Waals surface area contributed by atoms with E-state index < -0.39 is 0 Å². The molecule has 4 rings (SSSR count). The maximum atomic E-state index is 6.12. The van der Waals surface area contributed by atoms with Gasteiger partial charge < -0.3 is 20.7 Å². The van der Waals surface area contributed by atoms with Crippen LogP contribution in [-0.2, 0) is 6.54 Å². The standard InChI is InChI=1S/C18H23ClN6O/c19-17-9-16(18(20)23-22-17)25-11-15(12-25)26-14-3-1-2-13(8-14)10-24-6-4-21-5-7-24/h1-3,8-9,15,21H,4-7,10-12H2,(H2,20,23). The average molecular weight is 375 g/mol. The SMILES string of the molecule is Nc1nnc(Cl)cc1N1CC(Oc2cccc(CN3CCNCC3)c2)C1. The van der Waals surface area contributed by atoms with Crippen molar-refractivity contribution in [2.24, 2.45) is 0 Å². The fourth-order valence-corrected chi connectivity index (χ4v) is 3.51. The largest absolute Gasteiger partial charge is 0.487 e. The van der Waals surface area contributed by atoms with Crippen LogP contribution >= 0.6 is 11.6 Å². The van der Waals surface area contributed by atoms with Crippen LogP contribution in [0.15, 0.2) is 30.3 Å². The third-order valence-electron chi connectivity index (χ3n) is 4.78. The predicted octanol–water partition coefficient (Wildman–Crippen LogP) is 1.38. The molecule has 7 nitrogen and oxygen atoms in total. The number of piperazine rings is 1. The van der Waals surface area contributed by atoms with Crippen LogP contribution in [-0.4, -0.2) is 60.5 Å². The van der Waals surface area contributed by atoms with Crippen molar-refractivity contribution in [3.63, 3.8) is 0 Å². The molecular weight excluding hydrogens is 352 g/mol. The highest BCUT2D eigenvalue weighted by Gasteiger charge is 2.30. The van der Waals surface area contributed by atoms with Crippen LogP contribution in [0.3, 0.4) is 0 Å². The van der Waals surface area contributed by atoms with E-state index in [9.17, 15) is 0 Å². The highest BCUT2D eigenvalue weighted by Crippen LogP contribution is 2.29. The highest BCUT2D eigenvalue weighted by molar-refractivity contribution is 6.29. The minimum atomic E-state index is 0.135. The van der Waals surface area contributed by atoms with Crippen molar-refractivity contribution in [2.75, 3.05) is 49.9 Å². The van der Waals surface area contributed by atoms with E-state index in [-0.39, 0.29) is 6.10 Å². The van der Waals surface area contributed by atoms with Crippen LogP contribution < -0.4 is 20.7 Å². The van der Waals surface area contributed by atoms with Gasteiger partial charge in [-0.3, -0.25) is 4.90 Å². The number of halogens is 1. The maximum Gasteiger partial charge on any atom is 0.169 e. The Bertz CT molecular complexity index is 761. The molecule has 8 heteroatoms. The number of rotatable bonds is 5. The summed E-state index contributed by atoms with van der Waals surface area (Å²) in [5.74, 6) is 1.31. The lowest BCUT2D eigenvalue weighted by molar-refractivity contribution is 0.167. The minimum absolute atomic E-state index is 0.135. The first-order valence-corrected chi connectivity index (χ1v) is 9.27. The molecular formula is C18H23ClN6O. The first-order valence-electron chi connectivity index (χ1n) is 8.90. The summed E-state index contributed by atoms with van der Waals surface area (Å²) in [5.41, 5.74) is 7.99. The van der Waals surface area contributed by atoms with Crippen molar-refractivity contribution in [3.8, 4) is 5.75 Å². The van der Waals surface area contributed by atoms with E-state index >= 15 is 0 Å². The Morgan fingerprint density at radius 1 is 1.19 bits per heavy atom. The lowest BCUT2D eigenvalue weighted by Crippen LogP contribution is -2.54. The molecule has 3 N–H and O–H groups in total. The van der Waals surface area contributed by atoms with Gasteiger partial charge in [0.05, 0.1) is 18.8 Å². The van der Waals surface area contributed by atoms with Crippen LogP contribution in [0.4, 0.5) is 11.5 Å². The second-order valence-corrected chi connectivity index (χ2v) is 7.14. The third kappa shape index (κ3) is 4.00. The zero-order valence-corrected chi connectivity index (χ0v) is 15.3.